The topological polar surface area (TPSA) is 52.7 Å². The van der Waals surface area contributed by atoms with Gasteiger partial charge in [-0.25, -0.2) is 4.68 Å². The third-order valence-electron chi connectivity index (χ3n) is 3.67. The third-order valence-corrected chi connectivity index (χ3v) is 4.04. The summed E-state index contributed by atoms with van der Waals surface area (Å²) in [5.41, 5.74) is 0.130. The van der Waals surface area contributed by atoms with E-state index in [1.54, 1.807) is 19.3 Å². The minimum atomic E-state index is -4.60. The number of aromatic nitrogens is 4. The van der Waals surface area contributed by atoms with E-state index in [-0.39, 0.29) is 29.8 Å². The first-order valence-electron chi connectivity index (χ1n) is 7.15. The number of halogens is 4. The Morgan fingerprint density at radius 3 is 2.65 bits per heavy atom. The summed E-state index contributed by atoms with van der Waals surface area (Å²) in [5.74, 6) is -0.312. The number of nitrogens with zero attached hydrogens (tertiary/aromatic N) is 4. The van der Waals surface area contributed by atoms with Crippen LogP contribution in [0.4, 0.5) is 13.2 Å². The summed E-state index contributed by atoms with van der Waals surface area (Å²) in [5, 5.41) is 7.14. The van der Waals surface area contributed by atoms with E-state index in [4.69, 9.17) is 11.6 Å². The first-order chi connectivity index (χ1) is 10.8. The van der Waals surface area contributed by atoms with Crippen LogP contribution >= 0.6 is 11.6 Å². The zero-order valence-electron chi connectivity index (χ0n) is 12.3. The molecule has 124 valence electrons. The average Bonchev–Trinajstić information content (AvgIpc) is 3.10. The van der Waals surface area contributed by atoms with Gasteiger partial charge in [-0.15, -0.1) is 0 Å². The molecule has 0 aliphatic heterocycles. The number of hydrogen-bond donors (Lipinski definition) is 0. The van der Waals surface area contributed by atoms with Crippen LogP contribution in [0.25, 0.3) is 0 Å². The molecule has 0 N–H and O–H groups in total. The fourth-order valence-electron chi connectivity index (χ4n) is 2.42. The second kappa shape index (κ2) is 5.67. The summed E-state index contributed by atoms with van der Waals surface area (Å²) in [6.07, 6.45) is 0.0800. The Morgan fingerprint density at radius 2 is 2.13 bits per heavy atom. The van der Waals surface area contributed by atoms with E-state index in [0.717, 1.165) is 18.4 Å². The van der Waals surface area contributed by atoms with E-state index in [2.05, 4.69) is 10.2 Å². The van der Waals surface area contributed by atoms with Crippen molar-refractivity contribution in [3.05, 3.63) is 34.4 Å². The Balaban J connectivity index is 1.81. The summed E-state index contributed by atoms with van der Waals surface area (Å²) in [7, 11) is 0. The molecular weight excluding hydrogens is 333 g/mol. The minimum Gasteiger partial charge on any atom is -0.273 e. The lowest BCUT2D eigenvalue weighted by molar-refractivity contribution is -0.141. The van der Waals surface area contributed by atoms with Gasteiger partial charge < -0.3 is 0 Å². The van der Waals surface area contributed by atoms with Gasteiger partial charge in [0.1, 0.15) is 0 Å². The molecule has 23 heavy (non-hydrogen) atoms. The van der Waals surface area contributed by atoms with Gasteiger partial charge in [0.25, 0.3) is 0 Å². The summed E-state index contributed by atoms with van der Waals surface area (Å²) >= 11 is 5.88. The van der Waals surface area contributed by atoms with Gasteiger partial charge in [-0.3, -0.25) is 9.48 Å². The van der Waals surface area contributed by atoms with Crippen molar-refractivity contribution in [2.24, 2.45) is 0 Å². The molecule has 1 aliphatic rings. The molecule has 0 spiro atoms. The maximum absolute atomic E-state index is 13.0. The van der Waals surface area contributed by atoms with Gasteiger partial charge in [0.15, 0.2) is 5.69 Å². The fourth-order valence-corrected chi connectivity index (χ4v) is 2.81. The fraction of sp³-hybridized carbons (Fsp3) is 0.500. The second-order valence-corrected chi connectivity index (χ2v) is 6.03. The lowest BCUT2D eigenvalue weighted by atomic mass is 10.2. The zero-order chi connectivity index (χ0) is 16.8. The summed E-state index contributed by atoms with van der Waals surface area (Å²) in [6.45, 7) is 1.84. The molecule has 0 radical (unpaired) electrons. The Hall–Kier alpha value is -1.83. The first kappa shape index (κ1) is 16.0. The molecule has 0 bridgehead atoms. The van der Waals surface area contributed by atoms with E-state index in [1.165, 1.54) is 9.36 Å². The van der Waals surface area contributed by atoms with Crippen molar-refractivity contribution in [3.63, 3.8) is 0 Å². The molecule has 2 aromatic rings. The highest BCUT2D eigenvalue weighted by Crippen LogP contribution is 2.46. The van der Waals surface area contributed by atoms with E-state index >= 15 is 0 Å². The number of rotatable bonds is 4. The van der Waals surface area contributed by atoms with Crippen molar-refractivity contribution >= 4 is 17.5 Å². The van der Waals surface area contributed by atoms with Gasteiger partial charge in [-0.2, -0.15) is 23.4 Å². The molecule has 0 aromatic carbocycles. The van der Waals surface area contributed by atoms with Crippen LogP contribution in [0.5, 0.6) is 0 Å². The van der Waals surface area contributed by atoms with E-state index < -0.39 is 11.9 Å². The smallest absolute Gasteiger partial charge is 0.273 e. The highest BCUT2D eigenvalue weighted by atomic mass is 35.5. The Labute approximate surface area is 135 Å². The number of hydrogen-bond acceptors (Lipinski definition) is 3. The number of carbonyl (C=O) groups excluding carboxylic acids is 1. The molecule has 3 rings (SSSR count). The molecule has 2 aromatic heterocycles. The normalized spacial score (nSPS) is 15.2. The summed E-state index contributed by atoms with van der Waals surface area (Å²) < 4.78 is 41.3. The first-order valence-corrected chi connectivity index (χ1v) is 7.53. The summed E-state index contributed by atoms with van der Waals surface area (Å²) in [4.78, 5) is 12.0. The van der Waals surface area contributed by atoms with Crippen LogP contribution in [0.3, 0.4) is 0 Å². The van der Waals surface area contributed by atoms with Gasteiger partial charge in [-0.05, 0) is 25.3 Å². The van der Waals surface area contributed by atoms with Crippen LogP contribution in [-0.2, 0) is 12.7 Å². The molecule has 1 saturated carbocycles. The monoisotopic (exact) mass is 346 g/mol. The zero-order valence-corrected chi connectivity index (χ0v) is 13.0. The van der Waals surface area contributed by atoms with Gasteiger partial charge in [0, 0.05) is 18.5 Å². The van der Waals surface area contributed by atoms with Crippen LogP contribution in [0.2, 0.25) is 5.02 Å². The van der Waals surface area contributed by atoms with Gasteiger partial charge >= 0.3 is 6.18 Å². The SMILES string of the molecule is Cc1cnn(C(=O)CCn2nc(C(F)(F)F)c(Cl)c2C2CC2)c1. The molecule has 1 fully saturated rings. The molecule has 0 unspecified atom stereocenters. The lowest BCUT2D eigenvalue weighted by Crippen LogP contribution is -2.16. The molecule has 0 saturated heterocycles. The lowest BCUT2D eigenvalue weighted by Gasteiger charge is -2.06. The second-order valence-electron chi connectivity index (χ2n) is 5.65. The van der Waals surface area contributed by atoms with E-state index in [9.17, 15) is 18.0 Å². The molecule has 9 heteroatoms. The van der Waals surface area contributed by atoms with Crippen molar-refractivity contribution in [1.82, 2.24) is 19.6 Å². The van der Waals surface area contributed by atoms with Crippen LogP contribution in [0.1, 0.15) is 46.9 Å². The van der Waals surface area contributed by atoms with Crippen LogP contribution in [-0.4, -0.2) is 25.5 Å². The summed E-state index contributed by atoms with van der Waals surface area (Å²) in [6, 6.07) is 0. The Bertz CT molecular complexity index is 746. The van der Waals surface area contributed by atoms with Gasteiger partial charge in [0.2, 0.25) is 5.91 Å². The van der Waals surface area contributed by atoms with Crippen molar-refractivity contribution in [3.8, 4) is 0 Å². The third kappa shape index (κ3) is 3.26. The molecule has 0 atom stereocenters. The average molecular weight is 347 g/mol. The Kier molecular flexibility index (Phi) is 3.95. The molecule has 1 aliphatic carbocycles. The number of aryl methyl sites for hydroxylation is 2. The van der Waals surface area contributed by atoms with Crippen LogP contribution in [0.15, 0.2) is 12.4 Å². The predicted molar refractivity (Wildman–Crippen MR) is 76.4 cm³/mol. The van der Waals surface area contributed by atoms with E-state index in [0.29, 0.717) is 5.69 Å². The highest BCUT2D eigenvalue weighted by molar-refractivity contribution is 6.32. The molecule has 5 nitrogen and oxygen atoms in total. The number of carbonyl (C=O) groups is 1. The van der Waals surface area contributed by atoms with Gasteiger partial charge in [0.05, 0.1) is 23.5 Å². The van der Waals surface area contributed by atoms with Crippen molar-refractivity contribution in [2.75, 3.05) is 0 Å². The van der Waals surface area contributed by atoms with Crippen molar-refractivity contribution < 1.29 is 18.0 Å². The predicted octanol–water partition coefficient (Wildman–Crippen LogP) is 3.67. The molecular formula is C14H14ClF3N4O. The minimum absolute atomic E-state index is 0.00382. The highest BCUT2D eigenvalue weighted by Gasteiger charge is 2.42. The van der Waals surface area contributed by atoms with Gasteiger partial charge in [-0.1, -0.05) is 11.6 Å². The largest absolute Gasteiger partial charge is 0.436 e. The standard InChI is InChI=1S/C14H14ClF3N4O/c1-8-6-19-22(7-8)10(23)4-5-21-12(9-2-3-9)11(15)13(20-21)14(16,17)18/h6-7,9H,2-5H2,1H3. The molecule has 0 amide bonds. The van der Waals surface area contributed by atoms with Crippen LogP contribution in [0, 0.1) is 6.92 Å². The Morgan fingerprint density at radius 1 is 1.43 bits per heavy atom. The van der Waals surface area contributed by atoms with Crippen LogP contribution < -0.4 is 0 Å². The molecule has 2 heterocycles. The maximum Gasteiger partial charge on any atom is 0.436 e. The maximum atomic E-state index is 13.0. The van der Waals surface area contributed by atoms with Crippen molar-refractivity contribution in [2.45, 2.75) is 44.8 Å². The quantitative estimate of drug-likeness (QED) is 0.848. The van der Waals surface area contributed by atoms with Crippen molar-refractivity contribution in [1.29, 1.82) is 0 Å². The number of alkyl halides is 3. The van der Waals surface area contributed by atoms with E-state index in [1.807, 2.05) is 0 Å².